The summed E-state index contributed by atoms with van der Waals surface area (Å²) in [4.78, 5) is 11.3. The molecule has 0 fully saturated rings. The van der Waals surface area contributed by atoms with Gasteiger partial charge >= 0.3 is 5.97 Å². The van der Waals surface area contributed by atoms with Crippen molar-refractivity contribution in [3.05, 3.63) is 42.5 Å². The number of carbonyl (C=O) groups excluding carboxylic acids is 1. The van der Waals surface area contributed by atoms with Crippen molar-refractivity contribution >= 4 is 16.0 Å². The van der Waals surface area contributed by atoms with E-state index in [-0.39, 0.29) is 11.4 Å². The lowest BCUT2D eigenvalue weighted by Gasteiger charge is -2.21. The Morgan fingerprint density at radius 1 is 1.50 bits per heavy atom. The first-order valence-electron chi connectivity index (χ1n) is 5.37. The van der Waals surface area contributed by atoms with E-state index in [0.29, 0.717) is 5.56 Å². The van der Waals surface area contributed by atoms with Crippen molar-refractivity contribution < 1.29 is 17.9 Å². The second-order valence-electron chi connectivity index (χ2n) is 3.86. The summed E-state index contributed by atoms with van der Waals surface area (Å²) in [6.45, 7) is 4.86. The van der Waals surface area contributed by atoms with Crippen LogP contribution in [0.15, 0.2) is 41.8 Å². The van der Waals surface area contributed by atoms with Crippen LogP contribution in [0.2, 0.25) is 0 Å². The molecule has 1 unspecified atom stereocenters. The summed E-state index contributed by atoms with van der Waals surface area (Å²) < 4.78 is 30.7. The van der Waals surface area contributed by atoms with E-state index in [0.717, 1.165) is 4.31 Å². The van der Waals surface area contributed by atoms with Crippen LogP contribution in [0.3, 0.4) is 0 Å². The fourth-order valence-corrected chi connectivity index (χ4v) is 3.61. The van der Waals surface area contributed by atoms with E-state index in [4.69, 9.17) is 4.74 Å². The van der Waals surface area contributed by atoms with E-state index in [1.54, 1.807) is 18.2 Å². The third-order valence-corrected chi connectivity index (χ3v) is 4.51. The van der Waals surface area contributed by atoms with E-state index < -0.39 is 22.2 Å². The summed E-state index contributed by atoms with van der Waals surface area (Å²) in [5.74, 6) is -0.527. The van der Waals surface area contributed by atoms with E-state index in [1.807, 2.05) is 0 Å². The topological polar surface area (TPSA) is 63.7 Å². The lowest BCUT2D eigenvalue weighted by molar-refractivity contribution is -0.152. The van der Waals surface area contributed by atoms with E-state index in [1.165, 1.54) is 19.1 Å². The van der Waals surface area contributed by atoms with Crippen LogP contribution in [0, 0.1) is 0 Å². The van der Waals surface area contributed by atoms with Crippen LogP contribution in [-0.2, 0) is 19.6 Å². The molecule has 2 rings (SSSR count). The highest BCUT2D eigenvalue weighted by Crippen LogP contribution is 2.39. The van der Waals surface area contributed by atoms with Crippen molar-refractivity contribution in [3.8, 4) is 0 Å². The molecule has 1 aromatic carbocycles. The fraction of sp³-hybridized carbons (Fsp3) is 0.250. The van der Waals surface area contributed by atoms with Gasteiger partial charge in [-0.05, 0) is 6.07 Å². The Morgan fingerprint density at radius 2 is 2.17 bits per heavy atom. The largest absolute Gasteiger partial charge is 0.441 e. The molecule has 0 aromatic heterocycles. The van der Waals surface area contributed by atoms with Gasteiger partial charge in [0.25, 0.3) is 0 Å². The average molecular weight is 267 g/mol. The molecule has 1 atom stereocenters. The minimum Gasteiger partial charge on any atom is -0.441 e. The molecule has 0 bridgehead atoms. The van der Waals surface area contributed by atoms with Gasteiger partial charge in [0.2, 0.25) is 10.0 Å². The number of carbonyl (C=O) groups is 1. The number of hydrogen-bond acceptors (Lipinski definition) is 4. The zero-order chi connectivity index (χ0) is 13.3. The predicted octanol–water partition coefficient (Wildman–Crippen LogP) is 1.44. The minimum atomic E-state index is -3.62. The van der Waals surface area contributed by atoms with Gasteiger partial charge in [-0.3, -0.25) is 4.79 Å². The molecule has 0 amide bonds. The highest BCUT2D eigenvalue weighted by Gasteiger charge is 2.43. The molecule has 6 heteroatoms. The third-order valence-electron chi connectivity index (χ3n) is 2.62. The standard InChI is InChI=1S/C12H13NO4S/c1-3-8-13-12(17-9(2)14)10-6-4-5-7-11(10)18(13,15)16/h3-7,12H,1,8H2,2H3. The summed E-state index contributed by atoms with van der Waals surface area (Å²) in [7, 11) is -3.62. The normalized spacial score (nSPS) is 21.3. The van der Waals surface area contributed by atoms with Crippen molar-refractivity contribution in [2.45, 2.75) is 18.0 Å². The summed E-state index contributed by atoms with van der Waals surface area (Å²) in [5, 5.41) is 0. The zero-order valence-corrected chi connectivity index (χ0v) is 10.7. The van der Waals surface area contributed by atoms with Gasteiger partial charge in [0, 0.05) is 19.0 Å². The smallest absolute Gasteiger partial charge is 0.304 e. The maximum atomic E-state index is 12.3. The van der Waals surface area contributed by atoms with Crippen LogP contribution in [0.25, 0.3) is 0 Å². The molecule has 0 saturated heterocycles. The maximum Gasteiger partial charge on any atom is 0.304 e. The molecule has 1 aliphatic rings. The Kier molecular flexibility index (Phi) is 3.23. The summed E-state index contributed by atoms with van der Waals surface area (Å²) >= 11 is 0. The van der Waals surface area contributed by atoms with E-state index in [2.05, 4.69) is 6.58 Å². The van der Waals surface area contributed by atoms with Crippen molar-refractivity contribution in [2.24, 2.45) is 0 Å². The zero-order valence-electron chi connectivity index (χ0n) is 9.87. The van der Waals surface area contributed by atoms with Crippen LogP contribution >= 0.6 is 0 Å². The molecule has 5 nitrogen and oxygen atoms in total. The molecule has 96 valence electrons. The van der Waals surface area contributed by atoms with Gasteiger partial charge in [-0.2, -0.15) is 4.31 Å². The van der Waals surface area contributed by atoms with Gasteiger partial charge < -0.3 is 4.74 Å². The Labute approximate surface area is 106 Å². The summed E-state index contributed by atoms with van der Waals surface area (Å²) in [5.41, 5.74) is 0.481. The van der Waals surface area contributed by atoms with Gasteiger partial charge in [0.05, 0.1) is 4.90 Å². The second-order valence-corrected chi connectivity index (χ2v) is 5.72. The average Bonchev–Trinajstić information content (AvgIpc) is 2.51. The number of fused-ring (bicyclic) bond motifs is 1. The van der Waals surface area contributed by atoms with Gasteiger partial charge in [-0.25, -0.2) is 8.42 Å². The van der Waals surface area contributed by atoms with Gasteiger partial charge in [0.15, 0.2) is 6.23 Å². The fourth-order valence-electron chi connectivity index (χ4n) is 1.93. The molecule has 0 radical (unpaired) electrons. The first-order valence-corrected chi connectivity index (χ1v) is 6.81. The lowest BCUT2D eigenvalue weighted by atomic mass is 10.2. The van der Waals surface area contributed by atoms with E-state index in [9.17, 15) is 13.2 Å². The minimum absolute atomic E-state index is 0.0922. The molecular formula is C12H13NO4S. The van der Waals surface area contributed by atoms with Crippen molar-refractivity contribution in [2.75, 3.05) is 6.54 Å². The number of nitrogens with zero attached hydrogens (tertiary/aromatic N) is 1. The van der Waals surface area contributed by atoms with Crippen molar-refractivity contribution in [3.63, 3.8) is 0 Å². The van der Waals surface area contributed by atoms with Crippen LogP contribution < -0.4 is 0 Å². The highest BCUT2D eigenvalue weighted by molar-refractivity contribution is 7.89. The van der Waals surface area contributed by atoms with Crippen LogP contribution in [0.5, 0.6) is 0 Å². The number of rotatable bonds is 3. The Balaban J connectivity index is 2.55. The van der Waals surface area contributed by atoms with Crippen LogP contribution in [0.4, 0.5) is 0 Å². The SMILES string of the molecule is C=CCN1C(OC(C)=O)c2ccccc2S1(=O)=O. The first kappa shape index (κ1) is 12.8. The molecule has 1 heterocycles. The lowest BCUT2D eigenvalue weighted by Crippen LogP contribution is -2.30. The Hall–Kier alpha value is -1.66. The molecule has 1 aliphatic heterocycles. The molecule has 1 aromatic rings. The van der Waals surface area contributed by atoms with Gasteiger partial charge in [0.1, 0.15) is 0 Å². The first-order chi connectivity index (χ1) is 8.48. The molecule has 0 aliphatic carbocycles. The second kappa shape index (κ2) is 4.55. The summed E-state index contributed by atoms with van der Waals surface area (Å²) in [6, 6.07) is 6.49. The molecule has 0 spiro atoms. The quantitative estimate of drug-likeness (QED) is 0.614. The number of hydrogen-bond donors (Lipinski definition) is 0. The molecule has 0 N–H and O–H groups in total. The predicted molar refractivity (Wildman–Crippen MR) is 65.0 cm³/mol. The highest BCUT2D eigenvalue weighted by atomic mass is 32.2. The number of sulfonamides is 1. The van der Waals surface area contributed by atoms with Gasteiger partial charge in [-0.1, -0.05) is 24.3 Å². The van der Waals surface area contributed by atoms with Crippen LogP contribution in [-0.4, -0.2) is 25.2 Å². The maximum absolute atomic E-state index is 12.3. The molecular weight excluding hydrogens is 254 g/mol. The monoisotopic (exact) mass is 267 g/mol. The molecule has 0 saturated carbocycles. The van der Waals surface area contributed by atoms with Crippen molar-refractivity contribution in [1.29, 1.82) is 0 Å². The van der Waals surface area contributed by atoms with Crippen LogP contribution in [0.1, 0.15) is 18.7 Å². The third kappa shape index (κ3) is 1.93. The van der Waals surface area contributed by atoms with E-state index >= 15 is 0 Å². The number of esters is 1. The van der Waals surface area contributed by atoms with Crippen molar-refractivity contribution in [1.82, 2.24) is 4.31 Å². The van der Waals surface area contributed by atoms with Gasteiger partial charge in [-0.15, -0.1) is 6.58 Å². The number of benzene rings is 1. The Morgan fingerprint density at radius 3 is 2.78 bits per heavy atom. The number of ether oxygens (including phenoxy) is 1. The molecule has 18 heavy (non-hydrogen) atoms. The summed E-state index contributed by atoms with van der Waals surface area (Å²) in [6.07, 6.45) is 0.557. The Bertz CT molecular complexity index is 594.